The summed E-state index contributed by atoms with van der Waals surface area (Å²) in [6.07, 6.45) is 76.6. The van der Waals surface area contributed by atoms with Crippen molar-refractivity contribution in [2.45, 2.75) is 309 Å². The first kappa shape index (κ1) is 67.8. The Balaban J connectivity index is 3.99. The van der Waals surface area contributed by atoms with Gasteiger partial charge in [0.25, 0.3) is 0 Å². The van der Waals surface area contributed by atoms with Gasteiger partial charge in [0.15, 0.2) is 6.10 Å². The van der Waals surface area contributed by atoms with Gasteiger partial charge in [0.05, 0.1) is 0 Å². The molecule has 0 radical (unpaired) electrons. The Morgan fingerprint density at radius 2 is 0.549 bits per heavy atom. The summed E-state index contributed by atoms with van der Waals surface area (Å²) in [7, 11) is 0. The summed E-state index contributed by atoms with van der Waals surface area (Å²) in [5.41, 5.74) is 0. The molecule has 0 fully saturated rings. The molecule has 0 aliphatic heterocycles. The minimum atomic E-state index is -0.767. The average molecular weight is 992 g/mol. The highest BCUT2D eigenvalue weighted by Gasteiger charge is 2.19. The largest absolute Gasteiger partial charge is 0.462 e. The summed E-state index contributed by atoms with van der Waals surface area (Å²) in [6, 6.07) is 0. The van der Waals surface area contributed by atoms with E-state index < -0.39 is 6.10 Å². The Hall–Kier alpha value is -3.15. The van der Waals surface area contributed by atoms with Gasteiger partial charge in [0, 0.05) is 19.3 Å². The van der Waals surface area contributed by atoms with Crippen LogP contribution in [0.2, 0.25) is 0 Å². The lowest BCUT2D eigenvalue weighted by Crippen LogP contribution is -2.30. The predicted molar refractivity (Wildman–Crippen MR) is 307 cm³/mol. The van der Waals surface area contributed by atoms with Crippen molar-refractivity contribution in [2.75, 3.05) is 13.2 Å². The molecule has 0 N–H and O–H groups in total. The highest BCUT2D eigenvalue weighted by Crippen LogP contribution is 2.17. The molecule has 6 heteroatoms. The fourth-order valence-corrected chi connectivity index (χ4v) is 8.68. The summed E-state index contributed by atoms with van der Waals surface area (Å²) in [5.74, 6) is -0.869. The number of carbonyl (C=O) groups is 3. The van der Waals surface area contributed by atoms with E-state index in [0.29, 0.717) is 19.3 Å². The first-order valence-electron chi connectivity index (χ1n) is 30.4. The van der Waals surface area contributed by atoms with Gasteiger partial charge in [-0.15, -0.1) is 0 Å². The van der Waals surface area contributed by atoms with E-state index in [2.05, 4.69) is 93.7 Å². The van der Waals surface area contributed by atoms with Crippen molar-refractivity contribution in [1.29, 1.82) is 0 Å². The zero-order valence-electron chi connectivity index (χ0n) is 47.0. The highest BCUT2D eigenvalue weighted by atomic mass is 16.6. The zero-order chi connectivity index (χ0) is 51.4. The Morgan fingerprint density at radius 1 is 0.296 bits per heavy atom. The van der Waals surface area contributed by atoms with Gasteiger partial charge in [0.1, 0.15) is 13.2 Å². The van der Waals surface area contributed by atoms with Gasteiger partial charge in [-0.2, -0.15) is 0 Å². The Morgan fingerprint density at radius 3 is 0.859 bits per heavy atom. The maximum Gasteiger partial charge on any atom is 0.306 e. The summed E-state index contributed by atoms with van der Waals surface area (Å²) < 4.78 is 16.8. The third-order valence-electron chi connectivity index (χ3n) is 13.2. The van der Waals surface area contributed by atoms with Gasteiger partial charge >= 0.3 is 17.9 Å². The van der Waals surface area contributed by atoms with Crippen molar-refractivity contribution in [2.24, 2.45) is 0 Å². The van der Waals surface area contributed by atoms with Crippen LogP contribution in [0.1, 0.15) is 303 Å². The third kappa shape index (κ3) is 57.6. The van der Waals surface area contributed by atoms with E-state index in [4.69, 9.17) is 14.2 Å². The number of carbonyl (C=O) groups excluding carboxylic acids is 3. The maximum atomic E-state index is 12.8. The molecule has 0 heterocycles. The molecule has 0 aliphatic rings. The lowest BCUT2D eigenvalue weighted by atomic mass is 10.0. The zero-order valence-corrected chi connectivity index (χ0v) is 47.0. The monoisotopic (exact) mass is 991 g/mol. The predicted octanol–water partition coefficient (Wildman–Crippen LogP) is 20.5. The fraction of sp³-hybridized carbons (Fsp3) is 0.769. The van der Waals surface area contributed by atoms with Crippen molar-refractivity contribution in [3.63, 3.8) is 0 Å². The van der Waals surface area contributed by atoms with Crippen LogP contribution in [-0.4, -0.2) is 37.2 Å². The van der Waals surface area contributed by atoms with Crippen molar-refractivity contribution in [3.05, 3.63) is 72.9 Å². The van der Waals surface area contributed by atoms with Crippen LogP contribution in [0.15, 0.2) is 72.9 Å². The first-order chi connectivity index (χ1) is 35.0. The first-order valence-corrected chi connectivity index (χ1v) is 30.4. The van der Waals surface area contributed by atoms with E-state index in [9.17, 15) is 14.4 Å². The van der Waals surface area contributed by atoms with Gasteiger partial charge in [-0.1, -0.05) is 286 Å². The molecule has 410 valence electrons. The second-order valence-electron chi connectivity index (χ2n) is 20.2. The van der Waals surface area contributed by atoms with Crippen LogP contribution in [0, 0.1) is 0 Å². The lowest BCUT2D eigenvalue weighted by Gasteiger charge is -2.18. The number of ether oxygens (including phenoxy) is 3. The number of hydrogen-bond acceptors (Lipinski definition) is 6. The van der Waals surface area contributed by atoms with Crippen molar-refractivity contribution < 1.29 is 28.6 Å². The van der Waals surface area contributed by atoms with Gasteiger partial charge in [-0.25, -0.2) is 0 Å². The van der Waals surface area contributed by atoms with Crippen molar-refractivity contribution >= 4 is 17.9 Å². The molecule has 0 rings (SSSR count). The average Bonchev–Trinajstić information content (AvgIpc) is 3.37. The molecular weight excluding hydrogens is 877 g/mol. The molecule has 0 saturated heterocycles. The second kappa shape index (κ2) is 59.4. The molecule has 0 aromatic rings. The molecule has 0 spiro atoms. The number of esters is 3. The normalized spacial score (nSPS) is 12.5. The van der Waals surface area contributed by atoms with E-state index in [1.165, 1.54) is 167 Å². The molecule has 71 heavy (non-hydrogen) atoms. The molecule has 0 amide bonds. The minimum absolute atomic E-state index is 0.0707. The summed E-state index contributed by atoms with van der Waals surface area (Å²) in [5, 5.41) is 0. The molecule has 0 aromatic carbocycles. The second-order valence-corrected chi connectivity index (χ2v) is 20.2. The molecular formula is C65H114O6. The summed E-state index contributed by atoms with van der Waals surface area (Å²) in [6.45, 7) is 6.49. The maximum absolute atomic E-state index is 12.8. The Labute approximate surface area is 440 Å². The van der Waals surface area contributed by atoms with Crippen LogP contribution in [0.4, 0.5) is 0 Å². The number of unbranched alkanes of at least 4 members (excludes halogenated alkanes) is 32. The third-order valence-corrected chi connectivity index (χ3v) is 13.2. The SMILES string of the molecule is CC/C=C\C/C=C\C/C=C\C/C=C\C/C=C\C/C=C\CCCCCCCCCCCCCCCCC(=O)OCC(COC(=O)CCCCCCCC)OC(=O)CCCCCCCCCCCCCCCC. The highest BCUT2D eigenvalue weighted by molar-refractivity contribution is 5.71. The summed E-state index contributed by atoms with van der Waals surface area (Å²) in [4.78, 5) is 37.9. The van der Waals surface area contributed by atoms with E-state index in [-0.39, 0.29) is 31.1 Å². The van der Waals surface area contributed by atoms with Crippen LogP contribution in [0.3, 0.4) is 0 Å². The Bertz CT molecular complexity index is 1320. The van der Waals surface area contributed by atoms with Crippen molar-refractivity contribution in [3.8, 4) is 0 Å². The molecule has 6 nitrogen and oxygen atoms in total. The van der Waals surface area contributed by atoms with Crippen LogP contribution in [0.25, 0.3) is 0 Å². The molecule has 0 saturated carbocycles. The van der Waals surface area contributed by atoms with Crippen LogP contribution in [0.5, 0.6) is 0 Å². The lowest BCUT2D eigenvalue weighted by molar-refractivity contribution is -0.167. The van der Waals surface area contributed by atoms with Gasteiger partial charge < -0.3 is 14.2 Å². The smallest absolute Gasteiger partial charge is 0.306 e. The minimum Gasteiger partial charge on any atom is -0.462 e. The van der Waals surface area contributed by atoms with Gasteiger partial charge in [0.2, 0.25) is 0 Å². The summed E-state index contributed by atoms with van der Waals surface area (Å²) >= 11 is 0. The van der Waals surface area contributed by atoms with E-state index in [0.717, 1.165) is 96.3 Å². The van der Waals surface area contributed by atoms with Crippen molar-refractivity contribution in [1.82, 2.24) is 0 Å². The Kier molecular flexibility index (Phi) is 56.8. The molecule has 1 unspecified atom stereocenters. The molecule has 0 aliphatic carbocycles. The number of rotatable bonds is 55. The quantitative estimate of drug-likeness (QED) is 0.0261. The van der Waals surface area contributed by atoms with Crippen LogP contribution < -0.4 is 0 Å². The topological polar surface area (TPSA) is 78.9 Å². The standard InChI is InChI=1S/C65H114O6/c1-4-7-10-13-16-18-20-22-24-25-26-27-28-29-30-31-32-33-34-35-36-37-38-39-40-41-42-44-45-47-49-52-55-58-64(67)70-61-62(60-69-63(66)57-54-51-15-12-9-6-3)71-65(68)59-56-53-50-48-46-43-23-21-19-17-14-11-8-5-2/h7,10,16,18,22,24,26-27,29-30,32-33,62H,4-6,8-9,11-15,17,19-21,23,25,28,31,34-61H2,1-3H3/b10-7-,18-16-,24-22-,27-26-,30-29-,33-32-. The van der Waals surface area contributed by atoms with E-state index in [1.807, 2.05) is 0 Å². The van der Waals surface area contributed by atoms with Gasteiger partial charge in [-0.3, -0.25) is 14.4 Å². The molecule has 1 atom stereocenters. The van der Waals surface area contributed by atoms with E-state index >= 15 is 0 Å². The number of allylic oxidation sites excluding steroid dienone is 12. The van der Waals surface area contributed by atoms with E-state index in [1.54, 1.807) is 0 Å². The fourth-order valence-electron chi connectivity index (χ4n) is 8.68. The van der Waals surface area contributed by atoms with Gasteiger partial charge in [-0.05, 0) is 70.6 Å². The number of hydrogen-bond donors (Lipinski definition) is 0. The molecule has 0 aromatic heterocycles. The van der Waals surface area contributed by atoms with Crippen LogP contribution >= 0.6 is 0 Å². The van der Waals surface area contributed by atoms with Crippen LogP contribution in [-0.2, 0) is 28.6 Å². The molecule has 0 bridgehead atoms.